The van der Waals surface area contributed by atoms with Crippen molar-refractivity contribution in [2.75, 3.05) is 0 Å². The van der Waals surface area contributed by atoms with Gasteiger partial charge in [-0.1, -0.05) is 35.9 Å². The third kappa shape index (κ3) is 2.15. The van der Waals surface area contributed by atoms with E-state index in [2.05, 4.69) is 4.98 Å². The maximum atomic E-state index is 9.48. The van der Waals surface area contributed by atoms with Crippen LogP contribution in [0, 0.1) is 0 Å². The topological polar surface area (TPSA) is 33.1 Å². The van der Waals surface area contributed by atoms with E-state index in [1.165, 1.54) is 0 Å². The molecule has 94 valence electrons. The second kappa shape index (κ2) is 4.56. The Labute approximate surface area is 116 Å². The summed E-state index contributed by atoms with van der Waals surface area (Å²) in [7, 11) is 0. The van der Waals surface area contributed by atoms with Gasteiger partial charge in [0.15, 0.2) is 0 Å². The van der Waals surface area contributed by atoms with E-state index >= 15 is 0 Å². The summed E-state index contributed by atoms with van der Waals surface area (Å²) in [5.41, 5.74) is 1.64. The molecule has 3 heteroatoms. The number of aliphatic hydroxyl groups excluding tert-OH is 1. The highest BCUT2D eigenvalue weighted by atomic mass is 35.5. The van der Waals surface area contributed by atoms with Crippen molar-refractivity contribution in [3.8, 4) is 0 Å². The first-order chi connectivity index (χ1) is 9.15. The molecule has 0 saturated carbocycles. The number of rotatable bonds is 1. The van der Waals surface area contributed by atoms with Crippen LogP contribution in [-0.4, -0.2) is 10.1 Å². The second-order valence-electron chi connectivity index (χ2n) is 4.49. The molecule has 0 bridgehead atoms. The lowest BCUT2D eigenvalue weighted by Crippen LogP contribution is -1.89. The van der Waals surface area contributed by atoms with Gasteiger partial charge in [-0.25, -0.2) is 4.98 Å². The lowest BCUT2D eigenvalue weighted by atomic mass is 10.0. The number of hydrogen-bond acceptors (Lipinski definition) is 2. The first-order valence-electron chi connectivity index (χ1n) is 6.00. The summed E-state index contributed by atoms with van der Waals surface area (Å²) in [5.74, 6) is 0.242. The summed E-state index contributed by atoms with van der Waals surface area (Å²) in [6.45, 7) is 1.64. The molecule has 0 spiro atoms. The molecule has 0 saturated heterocycles. The Morgan fingerprint density at radius 3 is 2.58 bits per heavy atom. The fourth-order valence-corrected chi connectivity index (χ4v) is 2.43. The number of allylic oxidation sites excluding steroid dienone is 1. The second-order valence-corrected chi connectivity index (χ2v) is 4.93. The Kier molecular flexibility index (Phi) is 2.88. The summed E-state index contributed by atoms with van der Waals surface area (Å²) in [5, 5.41) is 13.3. The fourth-order valence-electron chi connectivity index (χ4n) is 2.26. The fraction of sp³-hybridized carbons (Fsp3) is 0.0625. The van der Waals surface area contributed by atoms with Crippen LogP contribution in [0.2, 0.25) is 5.02 Å². The van der Waals surface area contributed by atoms with Crippen molar-refractivity contribution in [3.05, 3.63) is 58.9 Å². The molecule has 2 aromatic carbocycles. The zero-order valence-electron chi connectivity index (χ0n) is 10.4. The summed E-state index contributed by atoms with van der Waals surface area (Å²) < 4.78 is 0. The van der Waals surface area contributed by atoms with E-state index in [0.29, 0.717) is 5.02 Å². The minimum Gasteiger partial charge on any atom is -0.513 e. The van der Waals surface area contributed by atoms with E-state index in [-0.39, 0.29) is 5.76 Å². The van der Waals surface area contributed by atoms with Crippen LogP contribution in [0.15, 0.2) is 48.2 Å². The number of benzene rings is 2. The van der Waals surface area contributed by atoms with Crippen molar-refractivity contribution in [2.24, 2.45) is 0 Å². The molecule has 0 aliphatic heterocycles. The molecule has 2 nitrogen and oxygen atoms in total. The van der Waals surface area contributed by atoms with Gasteiger partial charge in [0.25, 0.3) is 0 Å². The number of fused-ring (bicyclic) bond motifs is 3. The standard InChI is InChI=1S/C16H12ClNO/c1-10(19)8-16-13-5-3-2-4-12(13)14-9-11(17)6-7-15(14)18-16/h2-9,19H,1H3/b10-8-. The van der Waals surface area contributed by atoms with E-state index < -0.39 is 0 Å². The largest absolute Gasteiger partial charge is 0.513 e. The van der Waals surface area contributed by atoms with E-state index in [1.807, 2.05) is 42.5 Å². The Hall–Kier alpha value is -2.06. The zero-order valence-corrected chi connectivity index (χ0v) is 11.1. The van der Waals surface area contributed by atoms with Gasteiger partial charge in [0, 0.05) is 21.9 Å². The third-order valence-electron chi connectivity index (χ3n) is 3.04. The molecule has 0 atom stereocenters. The monoisotopic (exact) mass is 269 g/mol. The molecule has 0 aliphatic rings. The van der Waals surface area contributed by atoms with Crippen molar-refractivity contribution in [2.45, 2.75) is 6.92 Å². The molecule has 19 heavy (non-hydrogen) atoms. The van der Waals surface area contributed by atoms with Gasteiger partial charge in [-0.15, -0.1) is 0 Å². The average Bonchev–Trinajstić information content (AvgIpc) is 2.39. The molecular formula is C16H12ClNO. The van der Waals surface area contributed by atoms with Gasteiger partial charge in [0.1, 0.15) is 0 Å². The summed E-state index contributed by atoms with van der Waals surface area (Å²) in [6, 6.07) is 13.6. The molecule has 3 rings (SSSR count). The van der Waals surface area contributed by atoms with Gasteiger partial charge in [-0.3, -0.25) is 0 Å². The van der Waals surface area contributed by atoms with Crippen LogP contribution in [0.1, 0.15) is 12.6 Å². The minimum absolute atomic E-state index is 0.242. The number of nitrogens with zero attached hydrogens (tertiary/aromatic N) is 1. The van der Waals surface area contributed by atoms with Crippen molar-refractivity contribution in [1.29, 1.82) is 0 Å². The van der Waals surface area contributed by atoms with Gasteiger partial charge in [-0.2, -0.15) is 0 Å². The Morgan fingerprint density at radius 1 is 1.11 bits per heavy atom. The van der Waals surface area contributed by atoms with Crippen LogP contribution < -0.4 is 0 Å². The van der Waals surface area contributed by atoms with E-state index in [9.17, 15) is 5.11 Å². The van der Waals surface area contributed by atoms with E-state index in [4.69, 9.17) is 11.6 Å². The van der Waals surface area contributed by atoms with Crippen LogP contribution in [0.25, 0.3) is 27.8 Å². The van der Waals surface area contributed by atoms with Crippen LogP contribution in [-0.2, 0) is 0 Å². The predicted molar refractivity (Wildman–Crippen MR) is 80.5 cm³/mol. The van der Waals surface area contributed by atoms with Crippen LogP contribution in [0.5, 0.6) is 0 Å². The lowest BCUT2D eigenvalue weighted by molar-refractivity contribution is 0.419. The predicted octanol–water partition coefficient (Wildman–Crippen LogP) is 4.96. The van der Waals surface area contributed by atoms with Crippen molar-refractivity contribution >= 4 is 39.4 Å². The van der Waals surface area contributed by atoms with Gasteiger partial charge in [0.05, 0.1) is 17.0 Å². The van der Waals surface area contributed by atoms with Gasteiger partial charge >= 0.3 is 0 Å². The molecule has 0 amide bonds. The van der Waals surface area contributed by atoms with Gasteiger partial charge in [-0.05, 0) is 30.5 Å². The third-order valence-corrected chi connectivity index (χ3v) is 3.27. The van der Waals surface area contributed by atoms with Crippen molar-refractivity contribution in [1.82, 2.24) is 4.98 Å². The quantitative estimate of drug-likeness (QED) is 0.500. The molecule has 1 N–H and O–H groups in total. The zero-order chi connectivity index (χ0) is 13.4. The SMILES string of the molecule is C/C(O)=C/c1nc2ccc(Cl)cc2c2ccccc12. The maximum Gasteiger partial charge on any atom is 0.0913 e. The Bertz CT molecular complexity index is 804. The molecule has 1 aromatic heterocycles. The van der Waals surface area contributed by atoms with Crippen LogP contribution in [0.3, 0.4) is 0 Å². The average molecular weight is 270 g/mol. The van der Waals surface area contributed by atoms with Crippen LogP contribution >= 0.6 is 11.6 Å². The van der Waals surface area contributed by atoms with Gasteiger partial charge < -0.3 is 5.11 Å². The van der Waals surface area contributed by atoms with Crippen molar-refractivity contribution < 1.29 is 5.11 Å². The van der Waals surface area contributed by atoms with Gasteiger partial charge in [0.2, 0.25) is 0 Å². The number of halogens is 1. The highest BCUT2D eigenvalue weighted by Crippen LogP contribution is 2.29. The lowest BCUT2D eigenvalue weighted by Gasteiger charge is -2.07. The normalized spacial score (nSPS) is 12.2. The smallest absolute Gasteiger partial charge is 0.0913 e. The maximum absolute atomic E-state index is 9.48. The molecule has 1 heterocycles. The molecule has 3 aromatic rings. The van der Waals surface area contributed by atoms with E-state index in [0.717, 1.165) is 27.4 Å². The molecule has 0 radical (unpaired) electrons. The summed E-state index contributed by atoms with van der Waals surface area (Å²) >= 11 is 6.06. The molecule has 0 fully saturated rings. The highest BCUT2D eigenvalue weighted by molar-refractivity contribution is 6.31. The van der Waals surface area contributed by atoms with Crippen molar-refractivity contribution in [3.63, 3.8) is 0 Å². The number of pyridine rings is 1. The Morgan fingerprint density at radius 2 is 1.84 bits per heavy atom. The summed E-state index contributed by atoms with van der Waals surface area (Å²) in [6.07, 6.45) is 1.68. The number of aromatic nitrogens is 1. The van der Waals surface area contributed by atoms with Crippen LogP contribution in [0.4, 0.5) is 0 Å². The summed E-state index contributed by atoms with van der Waals surface area (Å²) in [4.78, 5) is 4.59. The molecule has 0 unspecified atom stereocenters. The van der Waals surface area contributed by atoms with E-state index in [1.54, 1.807) is 13.0 Å². The highest BCUT2D eigenvalue weighted by Gasteiger charge is 2.07. The first kappa shape index (κ1) is 12.0. The first-order valence-corrected chi connectivity index (χ1v) is 6.38. The Balaban J connectivity index is 2.50. The number of hydrogen-bond donors (Lipinski definition) is 1. The number of aliphatic hydroxyl groups is 1. The molecular weight excluding hydrogens is 258 g/mol. The minimum atomic E-state index is 0.242. The molecule has 0 aliphatic carbocycles.